The highest BCUT2D eigenvalue weighted by Crippen LogP contribution is 2.45. The van der Waals surface area contributed by atoms with Crippen molar-refractivity contribution in [1.82, 2.24) is 5.32 Å². The van der Waals surface area contributed by atoms with Crippen molar-refractivity contribution < 1.29 is 4.74 Å². The van der Waals surface area contributed by atoms with E-state index in [9.17, 15) is 0 Å². The summed E-state index contributed by atoms with van der Waals surface area (Å²) in [5.41, 5.74) is 0.506. The van der Waals surface area contributed by atoms with E-state index in [2.05, 4.69) is 26.1 Å². The van der Waals surface area contributed by atoms with Gasteiger partial charge in [0.05, 0.1) is 6.61 Å². The van der Waals surface area contributed by atoms with E-state index in [1.165, 1.54) is 19.4 Å². The Kier molecular flexibility index (Phi) is 4.39. The van der Waals surface area contributed by atoms with E-state index in [-0.39, 0.29) is 0 Å². The number of hydrogen-bond acceptors (Lipinski definition) is 2. The van der Waals surface area contributed by atoms with E-state index >= 15 is 0 Å². The van der Waals surface area contributed by atoms with E-state index in [1.807, 2.05) is 0 Å². The van der Waals surface area contributed by atoms with Crippen LogP contribution in [0.1, 0.15) is 33.6 Å². The molecule has 1 saturated carbocycles. The van der Waals surface area contributed by atoms with Gasteiger partial charge in [0, 0.05) is 13.7 Å². The molecule has 2 unspecified atom stereocenters. The van der Waals surface area contributed by atoms with Crippen molar-refractivity contribution in [2.24, 2.45) is 17.3 Å². The molecule has 1 N–H and O–H groups in total. The molecule has 2 nitrogen and oxygen atoms in total. The van der Waals surface area contributed by atoms with E-state index in [0.29, 0.717) is 5.41 Å². The summed E-state index contributed by atoms with van der Waals surface area (Å²) in [5.74, 6) is 1.91. The lowest BCUT2D eigenvalue weighted by atomic mass is 9.89. The maximum absolute atomic E-state index is 4.99. The van der Waals surface area contributed by atoms with Gasteiger partial charge < -0.3 is 10.1 Å². The molecule has 0 heterocycles. The Morgan fingerprint density at radius 1 is 1.29 bits per heavy atom. The first-order valence-electron chi connectivity index (χ1n) is 5.72. The molecule has 0 aromatic heterocycles. The van der Waals surface area contributed by atoms with Crippen LogP contribution in [0.5, 0.6) is 0 Å². The maximum Gasteiger partial charge on any atom is 0.0587 e. The molecular weight excluding hydrogens is 174 g/mol. The molecule has 0 bridgehead atoms. The van der Waals surface area contributed by atoms with Gasteiger partial charge in [-0.25, -0.2) is 0 Å². The normalized spacial score (nSPS) is 26.6. The van der Waals surface area contributed by atoms with Gasteiger partial charge in [0.1, 0.15) is 0 Å². The molecule has 1 rings (SSSR count). The molecule has 0 aromatic carbocycles. The molecule has 84 valence electrons. The van der Waals surface area contributed by atoms with Crippen LogP contribution in [0.3, 0.4) is 0 Å². The highest BCUT2D eigenvalue weighted by molar-refractivity contribution is 4.90. The average Bonchev–Trinajstić information content (AvgIpc) is 2.74. The van der Waals surface area contributed by atoms with Crippen molar-refractivity contribution in [3.05, 3.63) is 0 Å². The summed E-state index contributed by atoms with van der Waals surface area (Å²) in [6, 6.07) is 0. The summed E-state index contributed by atoms with van der Waals surface area (Å²) in [4.78, 5) is 0. The van der Waals surface area contributed by atoms with Gasteiger partial charge in [-0.2, -0.15) is 0 Å². The first kappa shape index (κ1) is 12.0. The summed E-state index contributed by atoms with van der Waals surface area (Å²) in [6.45, 7) is 10.0. The maximum atomic E-state index is 4.99. The molecule has 0 radical (unpaired) electrons. The lowest BCUT2D eigenvalue weighted by Crippen LogP contribution is -2.22. The van der Waals surface area contributed by atoms with Crippen LogP contribution in [0.15, 0.2) is 0 Å². The summed E-state index contributed by atoms with van der Waals surface area (Å²) >= 11 is 0. The zero-order valence-corrected chi connectivity index (χ0v) is 10.1. The zero-order chi connectivity index (χ0) is 10.6. The van der Waals surface area contributed by atoms with Crippen molar-refractivity contribution in [2.45, 2.75) is 33.6 Å². The fourth-order valence-corrected chi connectivity index (χ4v) is 2.06. The Hall–Kier alpha value is -0.0800. The van der Waals surface area contributed by atoms with Crippen molar-refractivity contribution in [3.8, 4) is 0 Å². The summed E-state index contributed by atoms with van der Waals surface area (Å²) < 4.78 is 4.99. The molecular formula is C12H25NO. The molecule has 1 fully saturated rings. The molecule has 0 saturated heterocycles. The van der Waals surface area contributed by atoms with Crippen LogP contribution in [0.2, 0.25) is 0 Å². The fraction of sp³-hybridized carbons (Fsp3) is 1.00. The van der Waals surface area contributed by atoms with Gasteiger partial charge in [-0.15, -0.1) is 0 Å². The highest BCUT2D eigenvalue weighted by atomic mass is 16.5. The molecule has 2 atom stereocenters. The third kappa shape index (κ3) is 4.97. The van der Waals surface area contributed by atoms with Crippen molar-refractivity contribution in [2.75, 3.05) is 26.8 Å². The Morgan fingerprint density at radius 2 is 2.00 bits per heavy atom. The Morgan fingerprint density at radius 3 is 2.57 bits per heavy atom. The lowest BCUT2D eigenvalue weighted by molar-refractivity contribution is 0.199. The first-order chi connectivity index (χ1) is 6.53. The number of hydrogen-bond donors (Lipinski definition) is 1. The summed E-state index contributed by atoms with van der Waals surface area (Å²) in [6.07, 6.45) is 2.81. The van der Waals surface area contributed by atoms with Gasteiger partial charge in [0.15, 0.2) is 0 Å². The third-order valence-electron chi connectivity index (χ3n) is 2.83. The predicted octanol–water partition coefficient (Wildman–Crippen LogP) is 2.29. The molecule has 0 amide bonds. The number of rotatable bonds is 6. The van der Waals surface area contributed by atoms with Gasteiger partial charge in [-0.3, -0.25) is 0 Å². The minimum absolute atomic E-state index is 0.506. The molecule has 2 heteroatoms. The third-order valence-corrected chi connectivity index (χ3v) is 2.83. The van der Waals surface area contributed by atoms with Crippen LogP contribution in [-0.2, 0) is 4.74 Å². The minimum Gasteiger partial charge on any atom is -0.383 e. The van der Waals surface area contributed by atoms with Gasteiger partial charge in [-0.1, -0.05) is 20.8 Å². The molecule has 0 spiro atoms. The summed E-state index contributed by atoms with van der Waals surface area (Å²) in [7, 11) is 1.75. The van der Waals surface area contributed by atoms with Gasteiger partial charge in [0.2, 0.25) is 0 Å². The predicted molar refractivity (Wildman–Crippen MR) is 60.4 cm³/mol. The zero-order valence-electron chi connectivity index (χ0n) is 10.1. The van der Waals surface area contributed by atoms with Crippen LogP contribution >= 0.6 is 0 Å². The molecule has 0 aliphatic heterocycles. The quantitative estimate of drug-likeness (QED) is 0.663. The number of ether oxygens (including phenoxy) is 1. The van der Waals surface area contributed by atoms with E-state index in [0.717, 1.165) is 25.0 Å². The number of nitrogens with one attached hydrogen (secondary N) is 1. The van der Waals surface area contributed by atoms with Crippen LogP contribution in [0.4, 0.5) is 0 Å². The smallest absolute Gasteiger partial charge is 0.0587 e. The molecule has 1 aliphatic rings. The van der Waals surface area contributed by atoms with Crippen LogP contribution < -0.4 is 5.32 Å². The first-order valence-corrected chi connectivity index (χ1v) is 5.72. The Balaban J connectivity index is 1.98. The van der Waals surface area contributed by atoms with Crippen molar-refractivity contribution in [3.63, 3.8) is 0 Å². The molecule has 1 aliphatic carbocycles. The second kappa shape index (κ2) is 5.13. The topological polar surface area (TPSA) is 21.3 Å². The number of methoxy groups -OCH3 is 1. The monoisotopic (exact) mass is 199 g/mol. The van der Waals surface area contributed by atoms with Crippen LogP contribution in [0.25, 0.3) is 0 Å². The summed E-state index contributed by atoms with van der Waals surface area (Å²) in [5, 5.41) is 3.44. The van der Waals surface area contributed by atoms with Crippen molar-refractivity contribution >= 4 is 0 Å². The SMILES string of the molecule is COCCNCC1CC1CC(C)(C)C. The van der Waals surface area contributed by atoms with E-state index in [1.54, 1.807) is 7.11 Å². The minimum atomic E-state index is 0.506. The van der Waals surface area contributed by atoms with Gasteiger partial charge >= 0.3 is 0 Å². The second-order valence-corrected chi connectivity index (χ2v) is 5.72. The standard InChI is InChI=1S/C12H25NO/c1-12(2,3)8-10-7-11(10)9-13-5-6-14-4/h10-11,13H,5-9H2,1-4H3. The second-order valence-electron chi connectivity index (χ2n) is 5.72. The lowest BCUT2D eigenvalue weighted by Gasteiger charge is -2.17. The van der Waals surface area contributed by atoms with Gasteiger partial charge in [-0.05, 0) is 36.6 Å². The molecule has 0 aromatic rings. The highest BCUT2D eigenvalue weighted by Gasteiger charge is 2.38. The average molecular weight is 199 g/mol. The molecule has 14 heavy (non-hydrogen) atoms. The van der Waals surface area contributed by atoms with Crippen molar-refractivity contribution in [1.29, 1.82) is 0 Å². The largest absolute Gasteiger partial charge is 0.383 e. The Bertz CT molecular complexity index is 162. The van der Waals surface area contributed by atoms with E-state index in [4.69, 9.17) is 4.74 Å². The van der Waals surface area contributed by atoms with Crippen LogP contribution in [0, 0.1) is 17.3 Å². The Labute approximate surface area is 88.4 Å². The van der Waals surface area contributed by atoms with Crippen LogP contribution in [-0.4, -0.2) is 26.8 Å². The van der Waals surface area contributed by atoms with E-state index < -0.39 is 0 Å². The fourth-order valence-electron chi connectivity index (χ4n) is 2.06. The van der Waals surface area contributed by atoms with Gasteiger partial charge in [0.25, 0.3) is 0 Å².